The van der Waals surface area contributed by atoms with Gasteiger partial charge in [-0.15, -0.1) is 0 Å². The zero-order valence-corrected chi connectivity index (χ0v) is 12.5. The number of nitrogens with two attached hydrogens (primary N) is 1. The highest BCUT2D eigenvalue weighted by molar-refractivity contribution is 6.62. The van der Waals surface area contributed by atoms with Crippen molar-refractivity contribution in [3.63, 3.8) is 0 Å². The van der Waals surface area contributed by atoms with E-state index in [1.807, 2.05) is 27.7 Å². The molecule has 3 rings (SSSR count). The first-order chi connectivity index (χ1) is 9.15. The highest BCUT2D eigenvalue weighted by Crippen LogP contribution is 2.43. The van der Waals surface area contributed by atoms with Gasteiger partial charge in [-0.05, 0) is 52.1 Å². The van der Waals surface area contributed by atoms with Gasteiger partial charge in [0.1, 0.15) is 5.82 Å². The number of hydrogen-bond donors (Lipinski definition) is 1. The maximum Gasteiger partial charge on any atom is 0.494 e. The first-order valence-electron chi connectivity index (χ1n) is 7.09. The Morgan fingerprint density at radius 3 is 2.15 bits per heavy atom. The highest BCUT2D eigenvalue weighted by Gasteiger charge is 2.52. The molecule has 0 unspecified atom stereocenters. The molecule has 2 N–H and O–H groups in total. The Hall–Kier alpha value is -0.905. The zero-order chi connectivity index (χ0) is 14.8. The van der Waals surface area contributed by atoms with Crippen molar-refractivity contribution in [3.05, 3.63) is 29.6 Å². The number of rotatable bonds is 2. The van der Waals surface area contributed by atoms with Crippen molar-refractivity contribution < 1.29 is 13.7 Å². The third-order valence-corrected chi connectivity index (χ3v) is 4.84. The van der Waals surface area contributed by atoms with Gasteiger partial charge in [0.05, 0.1) is 11.2 Å². The summed E-state index contributed by atoms with van der Waals surface area (Å²) in [5, 5.41) is 0. The summed E-state index contributed by atoms with van der Waals surface area (Å²) >= 11 is 0. The second kappa shape index (κ2) is 4.06. The molecule has 1 aliphatic heterocycles. The van der Waals surface area contributed by atoms with Crippen LogP contribution in [0.25, 0.3) is 0 Å². The molecule has 1 aromatic carbocycles. The van der Waals surface area contributed by atoms with Crippen LogP contribution in [0.4, 0.5) is 4.39 Å². The van der Waals surface area contributed by atoms with Crippen molar-refractivity contribution >= 4 is 12.6 Å². The molecule has 0 radical (unpaired) electrons. The molecule has 3 nitrogen and oxygen atoms in total. The molecule has 1 saturated heterocycles. The van der Waals surface area contributed by atoms with Crippen LogP contribution in [-0.4, -0.2) is 18.3 Å². The van der Waals surface area contributed by atoms with Crippen LogP contribution in [0.2, 0.25) is 0 Å². The fourth-order valence-electron chi connectivity index (χ4n) is 2.45. The van der Waals surface area contributed by atoms with E-state index in [2.05, 4.69) is 0 Å². The average molecular weight is 277 g/mol. The molecule has 0 atom stereocenters. The molecule has 5 heteroatoms. The van der Waals surface area contributed by atoms with Crippen molar-refractivity contribution in [1.29, 1.82) is 0 Å². The second-order valence-corrected chi connectivity index (χ2v) is 6.98. The minimum atomic E-state index is -0.496. The molecule has 1 aliphatic carbocycles. The fourth-order valence-corrected chi connectivity index (χ4v) is 2.45. The lowest BCUT2D eigenvalue weighted by molar-refractivity contribution is 0.00578. The normalized spacial score (nSPS) is 25.8. The lowest BCUT2D eigenvalue weighted by Crippen LogP contribution is -2.41. The minimum absolute atomic E-state index is 0.245. The van der Waals surface area contributed by atoms with Crippen molar-refractivity contribution in [2.75, 3.05) is 0 Å². The van der Waals surface area contributed by atoms with E-state index >= 15 is 0 Å². The molecular formula is C15H21BFNO2. The minimum Gasteiger partial charge on any atom is -0.399 e. The molecule has 0 spiro atoms. The van der Waals surface area contributed by atoms with Crippen molar-refractivity contribution in [1.82, 2.24) is 0 Å². The van der Waals surface area contributed by atoms with Gasteiger partial charge in [0.25, 0.3) is 0 Å². The van der Waals surface area contributed by atoms with E-state index in [-0.39, 0.29) is 5.82 Å². The van der Waals surface area contributed by atoms with Crippen LogP contribution in [0, 0.1) is 5.82 Å². The molecule has 1 saturated carbocycles. The molecular weight excluding hydrogens is 256 g/mol. The molecule has 0 bridgehead atoms. The maximum atomic E-state index is 13.9. The van der Waals surface area contributed by atoms with E-state index in [0.29, 0.717) is 5.56 Å². The van der Waals surface area contributed by atoms with E-state index in [1.165, 1.54) is 6.07 Å². The highest BCUT2D eigenvalue weighted by atomic mass is 19.1. The molecule has 108 valence electrons. The van der Waals surface area contributed by atoms with Crippen molar-refractivity contribution in [3.8, 4) is 0 Å². The lowest BCUT2D eigenvalue weighted by atomic mass is 9.77. The van der Waals surface area contributed by atoms with Gasteiger partial charge in [-0.1, -0.05) is 12.1 Å². The largest absolute Gasteiger partial charge is 0.494 e. The molecule has 2 aliphatic rings. The summed E-state index contributed by atoms with van der Waals surface area (Å²) in [4.78, 5) is 0. The molecule has 1 aromatic rings. The van der Waals surface area contributed by atoms with E-state index < -0.39 is 23.9 Å². The first-order valence-corrected chi connectivity index (χ1v) is 7.09. The van der Waals surface area contributed by atoms with Crippen LogP contribution >= 0.6 is 0 Å². The van der Waals surface area contributed by atoms with Crippen LogP contribution in [-0.2, 0) is 14.8 Å². The standard InChI is InChI=1S/C15H21BFNO2/c1-13(2)14(3,4)20-16(19-13)10-5-6-12(17)11(9-10)15(18)7-8-15/h5-6,9H,7-8,18H2,1-4H3. The van der Waals surface area contributed by atoms with E-state index in [0.717, 1.165) is 18.3 Å². The first kappa shape index (κ1) is 14.0. The molecule has 0 amide bonds. The number of hydrogen-bond acceptors (Lipinski definition) is 3. The maximum absolute atomic E-state index is 13.9. The zero-order valence-electron chi connectivity index (χ0n) is 12.5. The monoisotopic (exact) mass is 277 g/mol. The predicted molar refractivity (Wildman–Crippen MR) is 77.2 cm³/mol. The Kier molecular flexibility index (Phi) is 2.85. The average Bonchev–Trinajstić information content (AvgIpc) is 3.02. The lowest BCUT2D eigenvalue weighted by Gasteiger charge is -2.32. The quantitative estimate of drug-likeness (QED) is 0.842. The van der Waals surface area contributed by atoms with Gasteiger partial charge < -0.3 is 15.0 Å². The van der Waals surface area contributed by atoms with Gasteiger partial charge in [0.2, 0.25) is 0 Å². The van der Waals surface area contributed by atoms with Crippen LogP contribution in [0.5, 0.6) is 0 Å². The summed E-state index contributed by atoms with van der Waals surface area (Å²) in [5.41, 5.74) is 6.24. The van der Waals surface area contributed by atoms with E-state index in [4.69, 9.17) is 15.0 Å². The molecule has 2 fully saturated rings. The Morgan fingerprint density at radius 2 is 1.65 bits per heavy atom. The van der Waals surface area contributed by atoms with Gasteiger partial charge >= 0.3 is 7.12 Å². The van der Waals surface area contributed by atoms with Crippen molar-refractivity contribution in [2.45, 2.75) is 57.3 Å². The predicted octanol–water partition coefficient (Wildman–Crippen LogP) is 2.07. The van der Waals surface area contributed by atoms with Crippen LogP contribution in [0.3, 0.4) is 0 Å². The third kappa shape index (κ3) is 2.08. The van der Waals surface area contributed by atoms with Gasteiger partial charge in [-0.3, -0.25) is 0 Å². The van der Waals surface area contributed by atoms with E-state index in [1.54, 1.807) is 12.1 Å². The van der Waals surface area contributed by atoms with Gasteiger partial charge in [0, 0.05) is 11.1 Å². The summed E-state index contributed by atoms with van der Waals surface area (Å²) in [7, 11) is -0.471. The summed E-state index contributed by atoms with van der Waals surface area (Å²) in [6.45, 7) is 8.01. The fraction of sp³-hybridized carbons (Fsp3) is 0.600. The van der Waals surface area contributed by atoms with Gasteiger partial charge in [-0.25, -0.2) is 4.39 Å². The van der Waals surface area contributed by atoms with Crippen LogP contribution in [0.15, 0.2) is 18.2 Å². The van der Waals surface area contributed by atoms with Gasteiger partial charge in [-0.2, -0.15) is 0 Å². The van der Waals surface area contributed by atoms with E-state index in [9.17, 15) is 4.39 Å². The smallest absolute Gasteiger partial charge is 0.399 e. The Labute approximate surface area is 119 Å². The SMILES string of the molecule is CC1(C)OB(c2ccc(F)c(C3(N)CC3)c2)OC1(C)C. The summed E-state index contributed by atoms with van der Waals surface area (Å²) in [5.74, 6) is -0.245. The number of benzene rings is 1. The summed E-state index contributed by atoms with van der Waals surface area (Å²) in [6.07, 6.45) is 1.66. The van der Waals surface area contributed by atoms with Crippen LogP contribution in [0.1, 0.15) is 46.1 Å². The Bertz CT molecular complexity index is 539. The molecule has 1 heterocycles. The summed E-state index contributed by atoms with van der Waals surface area (Å²) in [6, 6.07) is 4.97. The second-order valence-electron chi connectivity index (χ2n) is 6.98. The number of halogens is 1. The molecule has 0 aromatic heterocycles. The summed E-state index contributed by atoms with van der Waals surface area (Å²) < 4.78 is 25.9. The third-order valence-electron chi connectivity index (χ3n) is 4.84. The van der Waals surface area contributed by atoms with Crippen LogP contribution < -0.4 is 11.2 Å². The molecule has 20 heavy (non-hydrogen) atoms. The Balaban J connectivity index is 1.93. The Morgan fingerprint density at radius 1 is 1.10 bits per heavy atom. The van der Waals surface area contributed by atoms with Crippen molar-refractivity contribution in [2.24, 2.45) is 5.73 Å². The van der Waals surface area contributed by atoms with Gasteiger partial charge in [0.15, 0.2) is 0 Å². The topological polar surface area (TPSA) is 44.5 Å².